The number of carbonyl (C=O) groups is 1. The molecule has 3 heterocycles. The van der Waals surface area contributed by atoms with Gasteiger partial charge in [0.15, 0.2) is 0 Å². The monoisotopic (exact) mass is 464 g/mol. The van der Waals surface area contributed by atoms with Crippen LogP contribution >= 0.6 is 0 Å². The predicted octanol–water partition coefficient (Wildman–Crippen LogP) is 3.31. The molecule has 0 unspecified atom stereocenters. The highest BCUT2D eigenvalue weighted by Crippen LogP contribution is 2.28. The summed E-state index contributed by atoms with van der Waals surface area (Å²) in [6, 6.07) is 12.5. The zero-order valence-corrected chi connectivity index (χ0v) is 18.8. The van der Waals surface area contributed by atoms with E-state index in [9.17, 15) is 13.6 Å². The Balaban J connectivity index is 1.41. The van der Waals surface area contributed by atoms with Gasteiger partial charge in [-0.2, -0.15) is 0 Å². The minimum atomic E-state index is -0.315. The van der Waals surface area contributed by atoms with Crippen LogP contribution in [-0.2, 0) is 35.3 Å². The Morgan fingerprint density at radius 3 is 2.50 bits per heavy atom. The first-order valence-electron chi connectivity index (χ1n) is 11.5. The molecule has 0 saturated carbocycles. The molecule has 2 aliphatic heterocycles. The lowest BCUT2D eigenvalue weighted by atomic mass is 10.0. The van der Waals surface area contributed by atoms with E-state index in [1.807, 2.05) is 11.0 Å². The van der Waals surface area contributed by atoms with Crippen LogP contribution in [0.3, 0.4) is 0 Å². The molecule has 0 spiro atoms. The van der Waals surface area contributed by atoms with Gasteiger partial charge in [-0.1, -0.05) is 24.3 Å². The number of rotatable bonds is 5. The van der Waals surface area contributed by atoms with E-state index in [4.69, 9.17) is 14.7 Å². The van der Waals surface area contributed by atoms with Crippen molar-refractivity contribution in [2.45, 2.75) is 25.8 Å². The van der Waals surface area contributed by atoms with Crippen molar-refractivity contribution in [1.82, 2.24) is 14.9 Å². The van der Waals surface area contributed by atoms with Gasteiger partial charge in [0.05, 0.1) is 31.9 Å². The summed E-state index contributed by atoms with van der Waals surface area (Å²) in [6.45, 7) is 3.66. The van der Waals surface area contributed by atoms with Crippen molar-refractivity contribution in [3.8, 4) is 0 Å². The van der Waals surface area contributed by atoms with Crippen LogP contribution in [0, 0.1) is 11.6 Å². The fourth-order valence-electron chi connectivity index (χ4n) is 4.49. The van der Waals surface area contributed by atoms with Gasteiger partial charge < -0.3 is 14.5 Å². The van der Waals surface area contributed by atoms with Gasteiger partial charge in [-0.15, -0.1) is 0 Å². The van der Waals surface area contributed by atoms with Crippen LogP contribution < -0.4 is 4.90 Å². The Morgan fingerprint density at radius 1 is 0.941 bits per heavy atom. The van der Waals surface area contributed by atoms with Crippen LogP contribution in [-0.4, -0.2) is 53.6 Å². The molecule has 0 atom stereocenters. The minimum Gasteiger partial charge on any atom is -0.378 e. The van der Waals surface area contributed by atoms with E-state index in [-0.39, 0.29) is 24.0 Å². The molecule has 0 bridgehead atoms. The molecular formula is C26H26F2N4O2. The van der Waals surface area contributed by atoms with Crippen LogP contribution in [0.2, 0.25) is 0 Å². The number of benzene rings is 2. The average molecular weight is 465 g/mol. The highest BCUT2D eigenvalue weighted by molar-refractivity contribution is 5.79. The predicted molar refractivity (Wildman–Crippen MR) is 123 cm³/mol. The zero-order valence-electron chi connectivity index (χ0n) is 18.8. The maximum Gasteiger partial charge on any atom is 0.227 e. The molecule has 1 amide bonds. The summed E-state index contributed by atoms with van der Waals surface area (Å²) in [7, 11) is 0. The molecule has 176 valence electrons. The topological polar surface area (TPSA) is 58.6 Å². The van der Waals surface area contributed by atoms with Crippen LogP contribution in [0.1, 0.15) is 28.2 Å². The van der Waals surface area contributed by atoms with Gasteiger partial charge in [0.1, 0.15) is 23.3 Å². The summed E-state index contributed by atoms with van der Waals surface area (Å²) in [6.07, 6.45) is 1.29. The first-order valence-corrected chi connectivity index (χ1v) is 11.5. The molecule has 2 aliphatic rings. The standard InChI is InChI=1S/C26H26F2N4O2/c27-20-6-4-18(5-7-20)16-25(33)32-9-8-23-22(17-32)26(31-10-12-34-13-11-31)30-24(29-23)15-19-2-1-3-21(28)14-19/h1-7,14H,8-13,15-17H2. The lowest BCUT2D eigenvalue weighted by Gasteiger charge is -2.34. The van der Waals surface area contributed by atoms with E-state index in [0.29, 0.717) is 58.1 Å². The fraction of sp³-hybridized carbons (Fsp3) is 0.346. The van der Waals surface area contributed by atoms with Gasteiger partial charge in [0.2, 0.25) is 5.91 Å². The largest absolute Gasteiger partial charge is 0.378 e. The second-order valence-corrected chi connectivity index (χ2v) is 8.66. The third kappa shape index (κ3) is 5.07. The van der Waals surface area contributed by atoms with E-state index < -0.39 is 0 Å². The summed E-state index contributed by atoms with van der Waals surface area (Å²) in [5.74, 6) is 0.883. The maximum atomic E-state index is 13.7. The Hall–Kier alpha value is -3.39. The SMILES string of the molecule is O=C(Cc1ccc(F)cc1)N1CCc2nc(Cc3cccc(F)c3)nc(N3CCOCC3)c2C1. The lowest BCUT2D eigenvalue weighted by molar-refractivity contribution is -0.131. The summed E-state index contributed by atoms with van der Waals surface area (Å²) in [5.41, 5.74) is 3.50. The number of carbonyl (C=O) groups excluding carboxylic acids is 1. The van der Waals surface area contributed by atoms with Crippen molar-refractivity contribution in [2.75, 3.05) is 37.7 Å². The number of anilines is 1. The second-order valence-electron chi connectivity index (χ2n) is 8.66. The Labute approximate surface area is 197 Å². The van der Waals surface area contributed by atoms with E-state index in [1.54, 1.807) is 18.2 Å². The molecule has 3 aromatic rings. The molecule has 1 saturated heterocycles. The van der Waals surface area contributed by atoms with E-state index in [1.165, 1.54) is 24.3 Å². The van der Waals surface area contributed by atoms with Crippen molar-refractivity contribution < 1.29 is 18.3 Å². The molecule has 2 aromatic carbocycles. The van der Waals surface area contributed by atoms with E-state index in [0.717, 1.165) is 28.2 Å². The number of hydrogen-bond acceptors (Lipinski definition) is 5. The van der Waals surface area contributed by atoms with Gasteiger partial charge in [-0.25, -0.2) is 18.7 Å². The number of halogens is 2. The van der Waals surface area contributed by atoms with E-state index >= 15 is 0 Å². The Kier molecular flexibility index (Phi) is 6.49. The minimum absolute atomic E-state index is 0.00553. The third-order valence-electron chi connectivity index (χ3n) is 6.27. The zero-order chi connectivity index (χ0) is 23.5. The van der Waals surface area contributed by atoms with Crippen molar-refractivity contribution >= 4 is 11.7 Å². The van der Waals surface area contributed by atoms with Gasteiger partial charge in [0, 0.05) is 38.0 Å². The molecule has 34 heavy (non-hydrogen) atoms. The van der Waals surface area contributed by atoms with Gasteiger partial charge in [-0.05, 0) is 35.4 Å². The molecule has 5 rings (SSSR count). The summed E-state index contributed by atoms with van der Waals surface area (Å²) >= 11 is 0. The van der Waals surface area contributed by atoms with Crippen molar-refractivity contribution in [3.63, 3.8) is 0 Å². The summed E-state index contributed by atoms with van der Waals surface area (Å²) in [4.78, 5) is 26.7. The highest BCUT2D eigenvalue weighted by Gasteiger charge is 2.28. The molecule has 0 aliphatic carbocycles. The smallest absolute Gasteiger partial charge is 0.227 e. The molecule has 6 nitrogen and oxygen atoms in total. The molecular weight excluding hydrogens is 438 g/mol. The molecule has 0 radical (unpaired) electrons. The Bertz CT molecular complexity index is 1180. The Morgan fingerprint density at radius 2 is 1.74 bits per heavy atom. The van der Waals surface area contributed by atoms with Crippen molar-refractivity contribution in [3.05, 3.63) is 88.4 Å². The van der Waals surface area contributed by atoms with Crippen molar-refractivity contribution in [2.24, 2.45) is 0 Å². The van der Waals surface area contributed by atoms with Gasteiger partial charge in [-0.3, -0.25) is 4.79 Å². The third-order valence-corrected chi connectivity index (χ3v) is 6.27. The fourth-order valence-corrected chi connectivity index (χ4v) is 4.49. The number of morpholine rings is 1. The van der Waals surface area contributed by atoms with Crippen LogP contribution in [0.5, 0.6) is 0 Å². The number of hydrogen-bond donors (Lipinski definition) is 0. The second kappa shape index (κ2) is 9.85. The molecule has 0 N–H and O–H groups in total. The van der Waals surface area contributed by atoms with E-state index in [2.05, 4.69) is 4.90 Å². The quantitative estimate of drug-likeness (QED) is 0.580. The first kappa shape index (κ1) is 22.4. The molecule has 8 heteroatoms. The van der Waals surface area contributed by atoms with Crippen LogP contribution in [0.4, 0.5) is 14.6 Å². The lowest BCUT2D eigenvalue weighted by Crippen LogP contribution is -2.41. The average Bonchev–Trinajstić information content (AvgIpc) is 2.85. The van der Waals surface area contributed by atoms with Crippen molar-refractivity contribution in [1.29, 1.82) is 0 Å². The molecule has 1 aromatic heterocycles. The van der Waals surface area contributed by atoms with Gasteiger partial charge in [0.25, 0.3) is 0 Å². The normalized spacial score (nSPS) is 15.8. The summed E-state index contributed by atoms with van der Waals surface area (Å²) < 4.78 is 32.4. The summed E-state index contributed by atoms with van der Waals surface area (Å²) in [5, 5.41) is 0. The number of fused-ring (bicyclic) bond motifs is 1. The van der Waals surface area contributed by atoms with Crippen LogP contribution in [0.15, 0.2) is 48.5 Å². The van der Waals surface area contributed by atoms with Gasteiger partial charge >= 0.3 is 0 Å². The number of amides is 1. The van der Waals surface area contributed by atoms with Crippen LogP contribution in [0.25, 0.3) is 0 Å². The maximum absolute atomic E-state index is 13.7. The first-order chi connectivity index (χ1) is 16.5. The number of ether oxygens (including phenoxy) is 1. The number of nitrogens with zero attached hydrogens (tertiary/aromatic N) is 4. The number of aromatic nitrogens is 2. The highest BCUT2D eigenvalue weighted by atomic mass is 19.1. The molecule has 1 fully saturated rings.